The van der Waals surface area contributed by atoms with Crippen LogP contribution in [0.3, 0.4) is 0 Å². The number of hydrogen-bond acceptors (Lipinski definition) is 2. The quantitative estimate of drug-likeness (QED) is 0.468. The van der Waals surface area contributed by atoms with E-state index in [-0.39, 0.29) is 6.10 Å². The highest BCUT2D eigenvalue weighted by atomic mass is 16.5. The van der Waals surface area contributed by atoms with Gasteiger partial charge in [0, 0.05) is 14.2 Å². The van der Waals surface area contributed by atoms with Crippen molar-refractivity contribution in [2.75, 3.05) is 14.2 Å². The molecule has 0 aromatic carbocycles. The monoisotopic (exact) mass is 144 g/mol. The first-order valence-electron chi connectivity index (χ1n) is 3.51. The van der Waals surface area contributed by atoms with Gasteiger partial charge in [-0.2, -0.15) is 0 Å². The van der Waals surface area contributed by atoms with Gasteiger partial charge in [0.25, 0.3) is 0 Å². The van der Waals surface area contributed by atoms with Crippen molar-refractivity contribution in [2.45, 2.75) is 25.9 Å². The van der Waals surface area contributed by atoms with E-state index < -0.39 is 0 Å². The van der Waals surface area contributed by atoms with Gasteiger partial charge in [-0.05, 0) is 6.42 Å². The second-order valence-electron chi connectivity index (χ2n) is 2.16. The van der Waals surface area contributed by atoms with Gasteiger partial charge in [-0.25, -0.2) is 0 Å². The molecule has 0 amide bonds. The Bertz CT molecular complexity index is 112. The molecule has 0 aromatic heterocycles. The first-order valence-corrected chi connectivity index (χ1v) is 3.51. The number of ether oxygens (including phenoxy) is 1. The number of nitrogens with two attached hydrogens (primary N) is 1. The van der Waals surface area contributed by atoms with Crippen molar-refractivity contribution in [3.05, 3.63) is 0 Å². The van der Waals surface area contributed by atoms with E-state index in [4.69, 9.17) is 10.5 Å². The summed E-state index contributed by atoms with van der Waals surface area (Å²) < 4.78 is 5.09. The number of aliphatic imine (C=N–C) groups is 1. The molecule has 0 aliphatic rings. The minimum Gasteiger partial charge on any atom is -0.385 e. The number of amidine groups is 1. The molecule has 10 heavy (non-hydrogen) atoms. The molecule has 60 valence electrons. The first-order chi connectivity index (χ1) is 4.76. The van der Waals surface area contributed by atoms with E-state index in [0.29, 0.717) is 5.84 Å². The fraction of sp³-hybridized carbons (Fsp3) is 0.857. The highest BCUT2D eigenvalue weighted by molar-refractivity contribution is 5.84. The van der Waals surface area contributed by atoms with Gasteiger partial charge in [0.1, 0.15) is 11.9 Å². The molecule has 0 radical (unpaired) electrons. The van der Waals surface area contributed by atoms with Gasteiger partial charge in [0.05, 0.1) is 0 Å². The molecule has 1 unspecified atom stereocenters. The molecule has 0 aromatic rings. The normalized spacial score (nSPS) is 15.3. The zero-order valence-corrected chi connectivity index (χ0v) is 6.92. The van der Waals surface area contributed by atoms with E-state index in [0.717, 1.165) is 12.8 Å². The summed E-state index contributed by atoms with van der Waals surface area (Å²) in [5.74, 6) is 0.587. The third kappa shape index (κ3) is 2.82. The molecular formula is C7H16N2O. The van der Waals surface area contributed by atoms with E-state index in [2.05, 4.69) is 11.9 Å². The van der Waals surface area contributed by atoms with Crippen LogP contribution in [-0.2, 0) is 4.74 Å². The highest BCUT2D eigenvalue weighted by Gasteiger charge is 2.08. The maximum absolute atomic E-state index is 5.54. The van der Waals surface area contributed by atoms with Crippen LogP contribution in [0.4, 0.5) is 0 Å². The van der Waals surface area contributed by atoms with Crippen molar-refractivity contribution >= 4 is 5.84 Å². The van der Waals surface area contributed by atoms with Crippen molar-refractivity contribution < 1.29 is 4.74 Å². The first kappa shape index (κ1) is 9.43. The van der Waals surface area contributed by atoms with E-state index in [1.54, 1.807) is 14.2 Å². The van der Waals surface area contributed by atoms with E-state index in [1.165, 1.54) is 0 Å². The Hall–Kier alpha value is -0.570. The fourth-order valence-corrected chi connectivity index (χ4v) is 0.793. The molecule has 1 atom stereocenters. The molecular weight excluding hydrogens is 128 g/mol. The molecule has 0 bridgehead atoms. The zero-order valence-electron chi connectivity index (χ0n) is 6.92. The lowest BCUT2D eigenvalue weighted by molar-refractivity contribution is 0.146. The lowest BCUT2D eigenvalue weighted by atomic mass is 10.2. The smallest absolute Gasteiger partial charge is 0.123 e. The Labute approximate surface area is 62.3 Å². The lowest BCUT2D eigenvalue weighted by Gasteiger charge is -2.12. The predicted molar refractivity (Wildman–Crippen MR) is 43.3 cm³/mol. The maximum Gasteiger partial charge on any atom is 0.123 e. The molecule has 0 saturated heterocycles. The molecule has 0 spiro atoms. The Morgan fingerprint density at radius 2 is 2.30 bits per heavy atom. The van der Waals surface area contributed by atoms with Crippen LogP contribution in [0.2, 0.25) is 0 Å². The minimum atomic E-state index is 0.00926. The molecule has 0 aliphatic heterocycles. The Morgan fingerprint density at radius 3 is 2.60 bits per heavy atom. The van der Waals surface area contributed by atoms with Crippen LogP contribution >= 0.6 is 0 Å². The lowest BCUT2D eigenvalue weighted by Crippen LogP contribution is -2.30. The van der Waals surface area contributed by atoms with Crippen LogP contribution in [0.15, 0.2) is 4.99 Å². The molecule has 2 N–H and O–H groups in total. The van der Waals surface area contributed by atoms with Gasteiger partial charge in [-0.15, -0.1) is 0 Å². The second kappa shape index (κ2) is 5.23. The van der Waals surface area contributed by atoms with Gasteiger partial charge in [-0.1, -0.05) is 13.3 Å². The maximum atomic E-state index is 5.54. The van der Waals surface area contributed by atoms with Crippen molar-refractivity contribution in [1.29, 1.82) is 0 Å². The SMILES string of the molecule is CCCC(OC)C(N)=NC. The van der Waals surface area contributed by atoms with Crippen LogP contribution in [0.5, 0.6) is 0 Å². The van der Waals surface area contributed by atoms with E-state index in [1.807, 2.05) is 0 Å². The third-order valence-corrected chi connectivity index (χ3v) is 1.42. The fourth-order valence-electron chi connectivity index (χ4n) is 0.793. The molecule has 0 saturated carbocycles. The van der Waals surface area contributed by atoms with Gasteiger partial charge in [0.15, 0.2) is 0 Å². The summed E-state index contributed by atoms with van der Waals surface area (Å²) in [6.45, 7) is 2.09. The number of hydrogen-bond donors (Lipinski definition) is 1. The summed E-state index contributed by atoms with van der Waals surface area (Å²) >= 11 is 0. The number of methoxy groups -OCH3 is 1. The van der Waals surface area contributed by atoms with Crippen molar-refractivity contribution in [3.8, 4) is 0 Å². The molecule has 0 aliphatic carbocycles. The van der Waals surface area contributed by atoms with Gasteiger partial charge >= 0.3 is 0 Å². The highest BCUT2D eigenvalue weighted by Crippen LogP contribution is 1.99. The van der Waals surface area contributed by atoms with Crippen LogP contribution in [-0.4, -0.2) is 26.1 Å². The summed E-state index contributed by atoms with van der Waals surface area (Å²) in [6, 6.07) is 0. The van der Waals surface area contributed by atoms with Crippen molar-refractivity contribution in [1.82, 2.24) is 0 Å². The van der Waals surface area contributed by atoms with Crippen molar-refractivity contribution in [2.24, 2.45) is 10.7 Å². The second-order valence-corrected chi connectivity index (χ2v) is 2.16. The standard InChI is InChI=1S/C7H16N2O/c1-4-5-6(10-3)7(8)9-2/h6H,4-5H2,1-3H3,(H2,8,9). The van der Waals surface area contributed by atoms with Gasteiger partial charge < -0.3 is 10.5 Å². The third-order valence-electron chi connectivity index (χ3n) is 1.42. The zero-order chi connectivity index (χ0) is 7.98. The summed E-state index contributed by atoms with van der Waals surface area (Å²) in [6.07, 6.45) is 2.02. The Balaban J connectivity index is 3.80. The van der Waals surface area contributed by atoms with Gasteiger partial charge in [-0.3, -0.25) is 4.99 Å². The summed E-state index contributed by atoms with van der Waals surface area (Å²) in [5.41, 5.74) is 5.54. The molecule has 3 nitrogen and oxygen atoms in total. The molecule has 3 heteroatoms. The van der Waals surface area contributed by atoms with E-state index >= 15 is 0 Å². The minimum absolute atomic E-state index is 0.00926. The summed E-state index contributed by atoms with van der Waals surface area (Å²) in [4.78, 5) is 3.85. The topological polar surface area (TPSA) is 47.6 Å². The average Bonchev–Trinajstić information content (AvgIpc) is 1.99. The Morgan fingerprint density at radius 1 is 1.70 bits per heavy atom. The van der Waals surface area contributed by atoms with Crippen LogP contribution in [0.1, 0.15) is 19.8 Å². The number of nitrogens with zero attached hydrogens (tertiary/aromatic N) is 1. The van der Waals surface area contributed by atoms with Gasteiger partial charge in [0.2, 0.25) is 0 Å². The summed E-state index contributed by atoms with van der Waals surface area (Å²) in [7, 11) is 3.33. The van der Waals surface area contributed by atoms with Crippen LogP contribution in [0.25, 0.3) is 0 Å². The summed E-state index contributed by atoms with van der Waals surface area (Å²) in [5, 5.41) is 0. The van der Waals surface area contributed by atoms with Crippen LogP contribution < -0.4 is 5.73 Å². The predicted octanol–water partition coefficient (Wildman–Crippen LogP) is 0.789. The largest absolute Gasteiger partial charge is 0.385 e. The molecule has 0 fully saturated rings. The molecule has 0 rings (SSSR count). The average molecular weight is 144 g/mol. The molecule has 0 heterocycles. The van der Waals surface area contributed by atoms with Crippen molar-refractivity contribution in [3.63, 3.8) is 0 Å². The van der Waals surface area contributed by atoms with E-state index in [9.17, 15) is 0 Å². The number of rotatable bonds is 4. The Kier molecular flexibility index (Phi) is 4.94. The van der Waals surface area contributed by atoms with Crippen LogP contribution in [0, 0.1) is 0 Å².